The van der Waals surface area contributed by atoms with Crippen LogP contribution in [0.1, 0.15) is 17.6 Å². The van der Waals surface area contributed by atoms with E-state index < -0.39 is 0 Å². The van der Waals surface area contributed by atoms with Gasteiger partial charge in [0, 0.05) is 35.2 Å². The highest BCUT2D eigenvalue weighted by atomic mass is 32.2. The molecule has 3 heterocycles. The van der Waals surface area contributed by atoms with Gasteiger partial charge < -0.3 is 14.8 Å². The maximum atomic E-state index is 12.5. The Morgan fingerprint density at radius 2 is 1.83 bits per heavy atom. The molecule has 0 spiro atoms. The molecule has 1 aromatic carbocycles. The summed E-state index contributed by atoms with van der Waals surface area (Å²) in [6, 6.07) is 9.57. The number of anilines is 1. The van der Waals surface area contributed by atoms with Gasteiger partial charge in [0.05, 0.1) is 35.7 Å². The Bertz CT molecular complexity index is 1210. The number of thioether (sulfide) groups is 1. The molecule has 0 atom stereocenters. The smallest absolute Gasteiger partial charge is 0.234 e. The average Bonchev–Trinajstić information content (AvgIpc) is 3.28. The van der Waals surface area contributed by atoms with Crippen molar-refractivity contribution in [3.8, 4) is 11.5 Å². The number of carbonyl (C=O) groups excluding carboxylic acids is 1. The first kappa shape index (κ1) is 20.5. The topological polar surface area (TPSA) is 77.8 Å². The first-order valence-electron chi connectivity index (χ1n) is 9.45. The highest BCUT2D eigenvalue weighted by Crippen LogP contribution is 2.33. The summed E-state index contributed by atoms with van der Waals surface area (Å²) in [6.45, 7) is 4.17. The lowest BCUT2D eigenvalue weighted by Crippen LogP contribution is -2.14. The summed E-state index contributed by atoms with van der Waals surface area (Å²) in [5, 5.41) is 12.4. The number of hydrogen-bond donors (Lipinski definition) is 1. The Hall–Kier alpha value is -2.78. The number of thiophene rings is 1. The van der Waals surface area contributed by atoms with Gasteiger partial charge in [-0.3, -0.25) is 9.20 Å². The highest BCUT2D eigenvalue weighted by molar-refractivity contribution is 8.00. The molecule has 0 radical (unpaired) electrons. The zero-order chi connectivity index (χ0) is 21.3. The van der Waals surface area contributed by atoms with Crippen molar-refractivity contribution < 1.29 is 14.3 Å². The fourth-order valence-corrected chi connectivity index (χ4v) is 4.97. The molecule has 0 aliphatic heterocycles. The predicted molar refractivity (Wildman–Crippen MR) is 121 cm³/mol. The fraction of sp³-hybridized carbons (Fsp3) is 0.286. The lowest BCUT2D eigenvalue weighted by atomic mass is 10.2. The molecule has 0 bridgehead atoms. The van der Waals surface area contributed by atoms with Crippen molar-refractivity contribution in [3.05, 3.63) is 41.0 Å². The number of nitrogens with zero attached hydrogens (tertiary/aromatic N) is 3. The number of rotatable bonds is 7. The molecule has 0 fully saturated rings. The number of fused-ring (bicyclic) bond motifs is 3. The van der Waals surface area contributed by atoms with E-state index in [2.05, 4.69) is 45.9 Å². The normalized spacial score (nSPS) is 11.2. The van der Waals surface area contributed by atoms with Gasteiger partial charge in [0.25, 0.3) is 0 Å². The van der Waals surface area contributed by atoms with Crippen LogP contribution in [0.25, 0.3) is 15.7 Å². The van der Waals surface area contributed by atoms with Gasteiger partial charge in [0.15, 0.2) is 0 Å². The largest absolute Gasteiger partial charge is 0.497 e. The first-order chi connectivity index (χ1) is 14.5. The van der Waals surface area contributed by atoms with E-state index in [0.717, 1.165) is 28.3 Å². The van der Waals surface area contributed by atoms with Gasteiger partial charge in [-0.15, -0.1) is 21.5 Å². The summed E-state index contributed by atoms with van der Waals surface area (Å²) in [4.78, 5) is 13.8. The third-order valence-electron chi connectivity index (χ3n) is 4.64. The van der Waals surface area contributed by atoms with Crippen molar-refractivity contribution in [2.24, 2.45) is 0 Å². The Kier molecular flexibility index (Phi) is 5.83. The van der Waals surface area contributed by atoms with Gasteiger partial charge in [-0.05, 0) is 19.1 Å². The van der Waals surface area contributed by atoms with Crippen LogP contribution in [0.4, 0.5) is 5.69 Å². The summed E-state index contributed by atoms with van der Waals surface area (Å²) in [6.07, 6.45) is 0.783. The number of nitrogens with one attached hydrogen (secondary N) is 1. The molecule has 0 saturated heterocycles. The number of aromatic nitrogens is 3. The van der Waals surface area contributed by atoms with Gasteiger partial charge in [0.1, 0.15) is 22.3 Å². The molecular formula is C21H22N4O3S2. The number of aryl methyl sites for hydroxylation is 2. The molecule has 3 aromatic heterocycles. The second kappa shape index (κ2) is 8.53. The van der Waals surface area contributed by atoms with Crippen LogP contribution in [0.3, 0.4) is 0 Å². The zero-order valence-electron chi connectivity index (χ0n) is 17.2. The van der Waals surface area contributed by atoms with Crippen molar-refractivity contribution in [1.82, 2.24) is 14.6 Å². The number of amides is 1. The summed E-state index contributed by atoms with van der Waals surface area (Å²) < 4.78 is 13.9. The Labute approximate surface area is 182 Å². The van der Waals surface area contributed by atoms with Crippen molar-refractivity contribution in [1.29, 1.82) is 0 Å². The van der Waals surface area contributed by atoms with E-state index in [9.17, 15) is 4.79 Å². The third-order valence-corrected chi connectivity index (χ3v) is 6.60. The molecule has 9 heteroatoms. The van der Waals surface area contributed by atoms with Crippen LogP contribution in [-0.4, -0.2) is 40.5 Å². The van der Waals surface area contributed by atoms with Gasteiger partial charge >= 0.3 is 0 Å². The summed E-state index contributed by atoms with van der Waals surface area (Å²) in [5.74, 6) is 2.22. The second-order valence-electron chi connectivity index (χ2n) is 6.68. The van der Waals surface area contributed by atoms with Gasteiger partial charge in [-0.25, -0.2) is 0 Å². The fourth-order valence-electron chi connectivity index (χ4n) is 3.29. The Balaban J connectivity index is 1.55. The zero-order valence-corrected chi connectivity index (χ0v) is 18.8. The molecule has 4 aromatic rings. The van der Waals surface area contributed by atoms with E-state index in [1.165, 1.54) is 21.3 Å². The molecule has 1 amide bonds. The van der Waals surface area contributed by atoms with Crippen LogP contribution in [0.15, 0.2) is 35.4 Å². The number of methoxy groups -OCH3 is 2. The van der Waals surface area contributed by atoms with Gasteiger partial charge in [-0.1, -0.05) is 18.7 Å². The van der Waals surface area contributed by atoms with Crippen LogP contribution in [0.2, 0.25) is 0 Å². The van der Waals surface area contributed by atoms with E-state index >= 15 is 0 Å². The van der Waals surface area contributed by atoms with Crippen LogP contribution in [-0.2, 0) is 11.2 Å². The van der Waals surface area contributed by atoms with E-state index in [4.69, 9.17) is 9.47 Å². The molecule has 0 aliphatic rings. The average molecular weight is 443 g/mol. The molecular weight excluding hydrogens is 420 g/mol. The van der Waals surface area contributed by atoms with E-state index in [-0.39, 0.29) is 11.7 Å². The molecule has 0 unspecified atom stereocenters. The molecule has 30 heavy (non-hydrogen) atoms. The van der Waals surface area contributed by atoms with Crippen LogP contribution >= 0.6 is 23.1 Å². The number of carbonyl (C=O) groups is 1. The number of ether oxygens (including phenoxy) is 2. The standard InChI is InChI=1S/C21H22N4O3S2/c1-5-19-23-24-21(17-10-18-16(25(17)19)6-12(2)30-18)29-11-20(26)22-13-7-14(27-3)9-15(8-13)28-4/h6-10H,5,11H2,1-4H3,(H,22,26). The minimum Gasteiger partial charge on any atom is -0.497 e. The minimum absolute atomic E-state index is 0.140. The molecule has 156 valence electrons. The lowest BCUT2D eigenvalue weighted by molar-refractivity contribution is -0.113. The Morgan fingerprint density at radius 1 is 1.10 bits per heavy atom. The van der Waals surface area contributed by atoms with Crippen LogP contribution < -0.4 is 14.8 Å². The van der Waals surface area contributed by atoms with Crippen molar-refractivity contribution in [3.63, 3.8) is 0 Å². The van der Waals surface area contributed by atoms with E-state index in [1.807, 2.05) is 0 Å². The highest BCUT2D eigenvalue weighted by Gasteiger charge is 2.16. The number of benzene rings is 1. The molecule has 1 N–H and O–H groups in total. The monoisotopic (exact) mass is 442 g/mol. The van der Waals surface area contributed by atoms with E-state index in [0.29, 0.717) is 17.2 Å². The lowest BCUT2D eigenvalue weighted by Gasteiger charge is -2.10. The molecule has 4 rings (SSSR count). The number of hydrogen-bond acceptors (Lipinski definition) is 7. The molecule has 0 saturated carbocycles. The van der Waals surface area contributed by atoms with Crippen molar-refractivity contribution in [2.45, 2.75) is 25.3 Å². The maximum Gasteiger partial charge on any atom is 0.234 e. The first-order valence-corrected chi connectivity index (χ1v) is 11.3. The predicted octanol–water partition coefficient (Wildman–Crippen LogP) is 4.56. The SMILES string of the molecule is CCc1nnc(SCC(=O)Nc2cc(OC)cc(OC)c2)c2cc3sc(C)cc3n12. The van der Waals surface area contributed by atoms with Crippen molar-refractivity contribution in [2.75, 3.05) is 25.3 Å². The maximum absolute atomic E-state index is 12.5. The van der Waals surface area contributed by atoms with Gasteiger partial charge in [0.2, 0.25) is 5.91 Å². The van der Waals surface area contributed by atoms with Gasteiger partial charge in [-0.2, -0.15) is 0 Å². The summed E-state index contributed by atoms with van der Waals surface area (Å²) >= 11 is 3.13. The Morgan fingerprint density at radius 3 is 2.50 bits per heavy atom. The second-order valence-corrected chi connectivity index (χ2v) is 8.94. The quantitative estimate of drug-likeness (QED) is 0.423. The van der Waals surface area contributed by atoms with Crippen molar-refractivity contribution >= 4 is 50.4 Å². The third kappa shape index (κ3) is 3.95. The van der Waals surface area contributed by atoms with Crippen LogP contribution in [0.5, 0.6) is 11.5 Å². The summed E-state index contributed by atoms with van der Waals surface area (Å²) in [7, 11) is 3.15. The minimum atomic E-state index is -0.140. The molecule has 7 nitrogen and oxygen atoms in total. The van der Waals surface area contributed by atoms with E-state index in [1.54, 1.807) is 43.8 Å². The molecule has 0 aliphatic carbocycles. The van der Waals surface area contributed by atoms with Crippen LogP contribution in [0, 0.1) is 6.92 Å². The summed E-state index contributed by atoms with van der Waals surface area (Å²) in [5.41, 5.74) is 2.76.